The van der Waals surface area contributed by atoms with Crippen LogP contribution in [-0.4, -0.2) is 23.9 Å². The number of carbonyl (C=O) groups is 2. The lowest BCUT2D eigenvalue weighted by atomic mass is 10.3. The molecular weight excluding hydrogens is 374 g/mol. The third-order valence-corrected chi connectivity index (χ3v) is 4.62. The number of carbonyl (C=O) groups excluding carboxylic acids is 2. The molecule has 28 heavy (non-hydrogen) atoms. The summed E-state index contributed by atoms with van der Waals surface area (Å²) in [6, 6.07) is 16.4. The van der Waals surface area contributed by atoms with Crippen molar-refractivity contribution >= 4 is 45.7 Å². The van der Waals surface area contributed by atoms with Gasteiger partial charge in [-0.05, 0) is 30.3 Å². The molecule has 2 aromatic carbocycles. The molecule has 1 heterocycles. The number of benzene rings is 2. The Hall–Kier alpha value is -3.45. The molecule has 0 saturated heterocycles. The maximum atomic E-state index is 12.1. The van der Waals surface area contributed by atoms with Crippen LogP contribution in [0.5, 0.6) is 5.75 Å². The van der Waals surface area contributed by atoms with Crippen molar-refractivity contribution < 1.29 is 14.3 Å². The Bertz CT molecular complexity index is 999. The summed E-state index contributed by atoms with van der Waals surface area (Å²) in [6.07, 6.45) is 3.01. The third kappa shape index (κ3) is 4.83. The van der Waals surface area contributed by atoms with Gasteiger partial charge in [-0.25, -0.2) is 4.98 Å². The Kier molecular flexibility index (Phi) is 6.18. The predicted octanol–water partition coefficient (Wildman–Crippen LogP) is 4.49. The average Bonchev–Trinajstić information content (AvgIpc) is 3.15. The van der Waals surface area contributed by atoms with Crippen LogP contribution in [0.3, 0.4) is 0 Å². The SMILES string of the molecule is COc1cccc(NC(=O)C=Cc2csc(N(C(C)=O)c3ccccc3)n2)c1. The summed E-state index contributed by atoms with van der Waals surface area (Å²) in [7, 11) is 1.57. The van der Waals surface area contributed by atoms with Crippen molar-refractivity contribution in [3.05, 3.63) is 71.7 Å². The van der Waals surface area contributed by atoms with E-state index in [0.29, 0.717) is 22.3 Å². The lowest BCUT2D eigenvalue weighted by Crippen LogP contribution is -2.22. The highest BCUT2D eigenvalue weighted by Crippen LogP contribution is 2.29. The van der Waals surface area contributed by atoms with Crippen LogP contribution in [-0.2, 0) is 9.59 Å². The fraction of sp³-hybridized carbons (Fsp3) is 0.0952. The van der Waals surface area contributed by atoms with Crippen LogP contribution in [0.4, 0.5) is 16.5 Å². The number of nitrogens with one attached hydrogen (secondary N) is 1. The van der Waals surface area contributed by atoms with Crippen molar-refractivity contribution in [3.8, 4) is 5.75 Å². The van der Waals surface area contributed by atoms with E-state index in [2.05, 4.69) is 10.3 Å². The zero-order valence-electron chi connectivity index (χ0n) is 15.5. The molecular formula is C21H19N3O3S. The van der Waals surface area contributed by atoms with Gasteiger partial charge in [-0.15, -0.1) is 11.3 Å². The van der Waals surface area contributed by atoms with E-state index in [1.807, 2.05) is 30.3 Å². The molecule has 1 N–H and O–H groups in total. The van der Waals surface area contributed by atoms with Crippen LogP contribution in [0.15, 0.2) is 66.1 Å². The molecule has 0 atom stereocenters. The summed E-state index contributed by atoms with van der Waals surface area (Å²) >= 11 is 1.34. The molecule has 142 valence electrons. The lowest BCUT2D eigenvalue weighted by molar-refractivity contribution is -0.116. The number of thiazole rings is 1. The van der Waals surface area contributed by atoms with E-state index in [1.54, 1.807) is 47.7 Å². The normalized spacial score (nSPS) is 10.6. The summed E-state index contributed by atoms with van der Waals surface area (Å²) in [4.78, 5) is 30.2. The van der Waals surface area contributed by atoms with E-state index in [-0.39, 0.29) is 11.8 Å². The Morgan fingerprint density at radius 1 is 1.14 bits per heavy atom. The van der Waals surface area contributed by atoms with Crippen molar-refractivity contribution in [1.29, 1.82) is 0 Å². The quantitative estimate of drug-likeness (QED) is 0.627. The Balaban J connectivity index is 1.71. The van der Waals surface area contributed by atoms with E-state index in [0.717, 1.165) is 5.69 Å². The fourth-order valence-electron chi connectivity index (χ4n) is 2.51. The Labute approximate surface area is 167 Å². The van der Waals surface area contributed by atoms with Gasteiger partial charge in [-0.3, -0.25) is 14.5 Å². The van der Waals surface area contributed by atoms with Crippen LogP contribution in [0.1, 0.15) is 12.6 Å². The first-order valence-electron chi connectivity index (χ1n) is 8.51. The van der Waals surface area contributed by atoms with Gasteiger partial charge in [-0.1, -0.05) is 24.3 Å². The molecule has 2 amide bonds. The fourth-order valence-corrected chi connectivity index (χ4v) is 3.36. The van der Waals surface area contributed by atoms with Crippen molar-refractivity contribution in [2.24, 2.45) is 0 Å². The van der Waals surface area contributed by atoms with Crippen LogP contribution in [0, 0.1) is 0 Å². The first-order chi connectivity index (χ1) is 13.6. The van der Waals surface area contributed by atoms with Crippen molar-refractivity contribution in [2.45, 2.75) is 6.92 Å². The number of methoxy groups -OCH3 is 1. The van der Waals surface area contributed by atoms with Gasteiger partial charge in [0.1, 0.15) is 5.75 Å². The standard InChI is InChI=1S/C21H19N3O3S/c1-15(25)24(18-8-4-3-5-9-18)21-23-17(14-28-21)11-12-20(26)22-16-7-6-10-19(13-16)27-2/h3-14H,1-2H3,(H,22,26). The molecule has 1 aromatic heterocycles. The minimum Gasteiger partial charge on any atom is -0.497 e. The highest BCUT2D eigenvalue weighted by molar-refractivity contribution is 7.14. The van der Waals surface area contributed by atoms with Gasteiger partial charge in [0.15, 0.2) is 5.13 Å². The highest BCUT2D eigenvalue weighted by Gasteiger charge is 2.17. The van der Waals surface area contributed by atoms with Gasteiger partial charge in [0.2, 0.25) is 11.8 Å². The Morgan fingerprint density at radius 2 is 1.93 bits per heavy atom. The average molecular weight is 393 g/mol. The monoisotopic (exact) mass is 393 g/mol. The predicted molar refractivity (Wildman–Crippen MR) is 112 cm³/mol. The molecule has 0 unspecified atom stereocenters. The van der Waals surface area contributed by atoms with Crippen molar-refractivity contribution in [1.82, 2.24) is 4.98 Å². The number of aromatic nitrogens is 1. The molecule has 0 aliphatic heterocycles. The second-order valence-corrected chi connectivity index (χ2v) is 6.64. The minimum absolute atomic E-state index is 0.133. The van der Waals surface area contributed by atoms with Gasteiger partial charge in [0, 0.05) is 30.1 Å². The topological polar surface area (TPSA) is 71.5 Å². The first kappa shape index (κ1) is 19.3. The number of amides is 2. The number of ether oxygens (including phenoxy) is 1. The molecule has 0 saturated carbocycles. The van der Waals surface area contributed by atoms with Gasteiger partial charge < -0.3 is 10.1 Å². The highest BCUT2D eigenvalue weighted by atomic mass is 32.1. The van der Waals surface area contributed by atoms with E-state index in [1.165, 1.54) is 24.3 Å². The number of anilines is 3. The molecule has 0 spiro atoms. The number of para-hydroxylation sites is 1. The number of nitrogens with zero attached hydrogens (tertiary/aromatic N) is 2. The minimum atomic E-state index is -0.283. The summed E-state index contributed by atoms with van der Waals surface area (Å²) < 4.78 is 5.14. The Morgan fingerprint density at radius 3 is 2.64 bits per heavy atom. The molecule has 0 bridgehead atoms. The summed E-state index contributed by atoms with van der Waals surface area (Å²) in [6.45, 7) is 1.49. The lowest BCUT2D eigenvalue weighted by Gasteiger charge is -2.17. The molecule has 0 aliphatic carbocycles. The maximum Gasteiger partial charge on any atom is 0.248 e. The molecule has 0 radical (unpaired) electrons. The van der Waals surface area contributed by atoms with Crippen LogP contribution >= 0.6 is 11.3 Å². The number of hydrogen-bond acceptors (Lipinski definition) is 5. The summed E-state index contributed by atoms with van der Waals surface area (Å²) in [5, 5.41) is 5.11. The second-order valence-electron chi connectivity index (χ2n) is 5.80. The molecule has 0 fully saturated rings. The molecule has 7 heteroatoms. The second kappa shape index (κ2) is 8.96. The zero-order valence-corrected chi connectivity index (χ0v) is 16.3. The summed E-state index contributed by atoms with van der Waals surface area (Å²) in [5.41, 5.74) is 1.98. The number of hydrogen-bond donors (Lipinski definition) is 1. The van der Waals surface area contributed by atoms with Crippen LogP contribution < -0.4 is 15.0 Å². The summed E-state index contributed by atoms with van der Waals surface area (Å²) in [5.74, 6) is 0.247. The maximum absolute atomic E-state index is 12.1. The molecule has 3 aromatic rings. The van der Waals surface area contributed by atoms with Gasteiger partial charge in [0.25, 0.3) is 0 Å². The van der Waals surface area contributed by atoms with Gasteiger partial charge in [-0.2, -0.15) is 0 Å². The smallest absolute Gasteiger partial charge is 0.248 e. The zero-order chi connectivity index (χ0) is 19.9. The van der Waals surface area contributed by atoms with Gasteiger partial charge >= 0.3 is 0 Å². The van der Waals surface area contributed by atoms with E-state index >= 15 is 0 Å². The molecule has 0 aliphatic rings. The van der Waals surface area contributed by atoms with Crippen molar-refractivity contribution in [2.75, 3.05) is 17.3 Å². The van der Waals surface area contributed by atoms with E-state index < -0.39 is 0 Å². The van der Waals surface area contributed by atoms with E-state index in [9.17, 15) is 9.59 Å². The third-order valence-electron chi connectivity index (χ3n) is 3.77. The van der Waals surface area contributed by atoms with E-state index in [4.69, 9.17) is 4.74 Å². The number of rotatable bonds is 6. The largest absolute Gasteiger partial charge is 0.497 e. The van der Waals surface area contributed by atoms with Crippen LogP contribution in [0.2, 0.25) is 0 Å². The van der Waals surface area contributed by atoms with Crippen LogP contribution in [0.25, 0.3) is 6.08 Å². The van der Waals surface area contributed by atoms with Crippen molar-refractivity contribution in [3.63, 3.8) is 0 Å². The van der Waals surface area contributed by atoms with Gasteiger partial charge in [0.05, 0.1) is 18.5 Å². The molecule has 6 nitrogen and oxygen atoms in total. The first-order valence-corrected chi connectivity index (χ1v) is 9.39. The molecule has 3 rings (SSSR count).